The van der Waals surface area contributed by atoms with E-state index in [0.29, 0.717) is 6.42 Å². The Bertz CT molecular complexity index is 1290. The summed E-state index contributed by atoms with van der Waals surface area (Å²) in [5.74, 6) is -0.802. The van der Waals surface area contributed by atoms with Crippen molar-refractivity contribution in [2.45, 2.75) is 84.0 Å². The molecule has 1 atom stereocenters. The summed E-state index contributed by atoms with van der Waals surface area (Å²) in [6.07, 6.45) is 1.95. The van der Waals surface area contributed by atoms with Crippen LogP contribution in [0.25, 0.3) is 11.4 Å². The lowest BCUT2D eigenvalue weighted by Crippen LogP contribution is -2.46. The van der Waals surface area contributed by atoms with Crippen LogP contribution in [-0.4, -0.2) is 57.0 Å². The molecule has 1 aliphatic heterocycles. The van der Waals surface area contributed by atoms with Crippen LogP contribution in [0.4, 0.5) is 22.8 Å². The first-order chi connectivity index (χ1) is 19.8. The summed E-state index contributed by atoms with van der Waals surface area (Å²) in [6, 6.07) is 2.68. The number of guanidine groups is 1. The number of carbonyl (C=O) groups is 2. The van der Waals surface area contributed by atoms with Gasteiger partial charge in [0.05, 0.1) is 12.2 Å². The third-order valence-electron chi connectivity index (χ3n) is 6.04. The molecule has 0 aliphatic carbocycles. The van der Waals surface area contributed by atoms with Gasteiger partial charge < -0.3 is 24.0 Å². The second-order valence-corrected chi connectivity index (χ2v) is 10.7. The lowest BCUT2D eigenvalue weighted by Gasteiger charge is -2.26. The van der Waals surface area contributed by atoms with Crippen LogP contribution in [-0.2, 0) is 10.9 Å². The van der Waals surface area contributed by atoms with Gasteiger partial charge in [-0.25, -0.2) is 9.59 Å². The fourth-order valence-corrected chi connectivity index (χ4v) is 4.16. The van der Waals surface area contributed by atoms with E-state index in [4.69, 9.17) is 14.0 Å². The highest BCUT2D eigenvalue weighted by molar-refractivity contribution is 5.99. The number of aliphatic imine (C=N–C) groups is 1. The first-order valence-electron chi connectivity index (χ1n) is 13.7. The SMILES string of the molecule is CCCCCCCCOc1ccc(-c2noc([C@@H]3C=CCN3/C(=N/C(=O)O)NC(=O)OC(C)(C)C)n2)cc1C(F)(F)F. The molecule has 0 saturated carbocycles. The number of rotatable bonds is 10. The smallest absolute Gasteiger partial charge is 0.434 e. The van der Waals surface area contributed by atoms with Crippen molar-refractivity contribution in [1.29, 1.82) is 0 Å². The minimum Gasteiger partial charge on any atom is -0.493 e. The van der Waals surface area contributed by atoms with Gasteiger partial charge in [0.2, 0.25) is 11.8 Å². The predicted molar refractivity (Wildman–Crippen MR) is 147 cm³/mol. The first-order valence-corrected chi connectivity index (χ1v) is 13.7. The Morgan fingerprint density at radius 3 is 2.55 bits per heavy atom. The maximum Gasteiger partial charge on any atom is 0.434 e. The van der Waals surface area contributed by atoms with Gasteiger partial charge in [0.1, 0.15) is 17.4 Å². The van der Waals surface area contributed by atoms with E-state index in [1.807, 2.05) is 0 Å². The number of alkyl halides is 3. The third-order valence-corrected chi connectivity index (χ3v) is 6.04. The summed E-state index contributed by atoms with van der Waals surface area (Å²) in [4.78, 5) is 32.7. The second-order valence-electron chi connectivity index (χ2n) is 10.7. The highest BCUT2D eigenvalue weighted by Gasteiger charge is 2.36. The zero-order valence-electron chi connectivity index (χ0n) is 24.0. The number of ether oxygens (including phenoxy) is 2. The lowest BCUT2D eigenvalue weighted by atomic mass is 10.1. The molecule has 3 rings (SSSR count). The van der Waals surface area contributed by atoms with Crippen LogP contribution in [0.1, 0.15) is 83.7 Å². The molecule has 1 aliphatic rings. The van der Waals surface area contributed by atoms with Crippen LogP contribution in [0, 0.1) is 0 Å². The summed E-state index contributed by atoms with van der Waals surface area (Å²) in [6.45, 7) is 7.31. The molecule has 0 unspecified atom stereocenters. The van der Waals surface area contributed by atoms with E-state index < -0.39 is 35.6 Å². The van der Waals surface area contributed by atoms with E-state index in [9.17, 15) is 27.9 Å². The molecule has 11 nitrogen and oxygen atoms in total. The third kappa shape index (κ3) is 9.48. The van der Waals surface area contributed by atoms with Crippen LogP contribution in [0.15, 0.2) is 39.9 Å². The molecule has 0 spiro atoms. The van der Waals surface area contributed by atoms with Gasteiger partial charge in [0, 0.05) is 12.1 Å². The highest BCUT2D eigenvalue weighted by atomic mass is 19.4. The molecule has 1 aromatic heterocycles. The fraction of sp³-hybridized carbons (Fsp3) is 0.536. The van der Waals surface area contributed by atoms with Crippen molar-refractivity contribution in [3.05, 3.63) is 41.8 Å². The highest BCUT2D eigenvalue weighted by Crippen LogP contribution is 2.39. The number of hydrogen-bond donors (Lipinski definition) is 2. The number of amides is 2. The molecular weight excluding hydrogens is 559 g/mol. The molecule has 1 aromatic carbocycles. The standard InChI is InChI=1S/C28H36F3N5O6/c1-5-6-7-8-9-10-16-40-21-14-13-18(17-19(21)28(29,30)31)22-32-23(42-35-22)20-12-11-15-36(20)24(33-25(37)38)34-26(39)41-27(2,3)4/h11-14,17,20H,5-10,15-16H2,1-4H3,(H,37,38)(H,33,34,39)/t20-/m0/s1. The van der Waals surface area contributed by atoms with Gasteiger partial charge in [0.25, 0.3) is 5.89 Å². The summed E-state index contributed by atoms with van der Waals surface area (Å²) in [5.41, 5.74) is -1.77. The number of carbonyl (C=O) groups excluding carboxylic acids is 1. The quantitative estimate of drug-likeness (QED) is 0.129. The first kappa shape index (κ1) is 32.4. The van der Waals surface area contributed by atoms with Crippen molar-refractivity contribution in [2.75, 3.05) is 13.2 Å². The van der Waals surface area contributed by atoms with Gasteiger partial charge in [-0.1, -0.05) is 56.3 Å². The Morgan fingerprint density at radius 1 is 1.17 bits per heavy atom. The Balaban J connectivity index is 1.78. The van der Waals surface area contributed by atoms with Crippen molar-refractivity contribution < 1.29 is 41.9 Å². The maximum atomic E-state index is 13.9. The minimum atomic E-state index is -4.68. The van der Waals surface area contributed by atoms with Gasteiger partial charge in [-0.3, -0.25) is 5.32 Å². The number of unbranched alkanes of at least 4 members (excludes halogenated alkanes) is 5. The molecule has 0 bridgehead atoms. The summed E-state index contributed by atoms with van der Waals surface area (Å²) < 4.78 is 57.7. The monoisotopic (exact) mass is 595 g/mol. The van der Waals surface area contributed by atoms with Gasteiger partial charge in [-0.15, -0.1) is 4.99 Å². The largest absolute Gasteiger partial charge is 0.493 e. The number of nitrogens with one attached hydrogen (secondary N) is 1. The number of halogens is 3. The van der Waals surface area contributed by atoms with E-state index in [2.05, 4.69) is 27.4 Å². The molecule has 2 heterocycles. The Hall–Kier alpha value is -4.10. The lowest BCUT2D eigenvalue weighted by molar-refractivity contribution is -0.138. The topological polar surface area (TPSA) is 139 Å². The summed E-state index contributed by atoms with van der Waals surface area (Å²) in [7, 11) is 0. The van der Waals surface area contributed by atoms with Gasteiger partial charge >= 0.3 is 18.4 Å². The number of alkyl carbamates (subject to hydrolysis) is 1. The van der Waals surface area contributed by atoms with Gasteiger partial charge in [0.15, 0.2) is 0 Å². The fourth-order valence-electron chi connectivity index (χ4n) is 4.16. The molecule has 2 aromatic rings. The Morgan fingerprint density at radius 2 is 1.88 bits per heavy atom. The van der Waals surface area contributed by atoms with Gasteiger partial charge in [-0.2, -0.15) is 18.2 Å². The van der Waals surface area contributed by atoms with Crippen LogP contribution in [0.5, 0.6) is 5.75 Å². The number of benzene rings is 1. The van der Waals surface area contributed by atoms with Crippen molar-refractivity contribution >= 4 is 18.1 Å². The van der Waals surface area contributed by atoms with E-state index >= 15 is 0 Å². The molecule has 0 saturated heterocycles. The Kier molecular flexibility index (Phi) is 10.9. The van der Waals surface area contributed by atoms with Crippen LogP contribution < -0.4 is 10.1 Å². The number of carboxylic acid groups (broad SMARTS) is 1. The van der Waals surface area contributed by atoms with Crippen LogP contribution in [0.3, 0.4) is 0 Å². The van der Waals surface area contributed by atoms with Crippen molar-refractivity contribution in [2.24, 2.45) is 4.99 Å². The molecule has 0 fully saturated rings. The average molecular weight is 596 g/mol. The average Bonchev–Trinajstić information content (AvgIpc) is 3.56. The second kappa shape index (κ2) is 14.2. The zero-order chi connectivity index (χ0) is 30.9. The van der Waals surface area contributed by atoms with Crippen molar-refractivity contribution in [1.82, 2.24) is 20.4 Å². The van der Waals surface area contributed by atoms with Crippen LogP contribution >= 0.6 is 0 Å². The van der Waals surface area contributed by atoms with Gasteiger partial charge in [-0.05, 0) is 45.4 Å². The predicted octanol–water partition coefficient (Wildman–Crippen LogP) is 6.97. The molecule has 2 N–H and O–H groups in total. The van der Waals surface area contributed by atoms with E-state index in [1.165, 1.54) is 17.0 Å². The molecule has 230 valence electrons. The number of nitrogens with zero attached hydrogens (tertiary/aromatic N) is 4. The van der Waals surface area contributed by atoms with Crippen molar-refractivity contribution in [3.63, 3.8) is 0 Å². The van der Waals surface area contributed by atoms with Crippen molar-refractivity contribution in [3.8, 4) is 17.1 Å². The van der Waals surface area contributed by atoms with Crippen LogP contribution in [0.2, 0.25) is 0 Å². The molecule has 0 radical (unpaired) electrons. The molecule has 42 heavy (non-hydrogen) atoms. The molecule has 14 heteroatoms. The van der Waals surface area contributed by atoms with E-state index in [0.717, 1.165) is 38.2 Å². The summed E-state index contributed by atoms with van der Waals surface area (Å²) in [5, 5.41) is 15.4. The van der Waals surface area contributed by atoms with E-state index in [-0.39, 0.29) is 42.1 Å². The molecular formula is C28H36F3N5O6. The normalized spacial score (nSPS) is 15.6. The number of hydrogen-bond acceptors (Lipinski definition) is 7. The summed E-state index contributed by atoms with van der Waals surface area (Å²) >= 11 is 0. The Labute approximate surface area is 241 Å². The molecule has 2 amide bonds. The zero-order valence-corrected chi connectivity index (χ0v) is 24.0. The minimum absolute atomic E-state index is 0.0454. The maximum absolute atomic E-state index is 13.9. The van der Waals surface area contributed by atoms with E-state index in [1.54, 1.807) is 32.9 Å². The number of aromatic nitrogens is 2.